The maximum absolute atomic E-state index is 12.4. The lowest BCUT2D eigenvalue weighted by Gasteiger charge is -2.29. The number of nitrogens with zero attached hydrogens (tertiary/aromatic N) is 1. The normalized spacial score (nSPS) is 21.0. The molecule has 0 spiro atoms. The highest BCUT2D eigenvalue weighted by atomic mass is 35.5. The lowest BCUT2D eigenvalue weighted by atomic mass is 10.1. The van der Waals surface area contributed by atoms with E-state index in [4.69, 9.17) is 11.6 Å². The van der Waals surface area contributed by atoms with Gasteiger partial charge in [-0.05, 0) is 49.8 Å². The standard InChI is InChI=1S/C17H23ClN2O3S/c18-15-8-7-14(17(21)19-12-13-5-1-2-6-13)11-16(15)20-9-3-4-10-24(20,22)23/h7-8,11,13H,1-6,9-10,12H2,(H,19,21). The minimum atomic E-state index is -3.35. The molecule has 1 aromatic rings. The Labute approximate surface area is 148 Å². The zero-order valence-corrected chi connectivity index (χ0v) is 15.2. The van der Waals surface area contributed by atoms with Crippen molar-refractivity contribution in [1.29, 1.82) is 0 Å². The number of hydrogen-bond donors (Lipinski definition) is 1. The number of anilines is 1. The fourth-order valence-electron chi connectivity index (χ4n) is 3.46. The Bertz CT molecular complexity index is 715. The molecule has 1 aliphatic carbocycles. The van der Waals surface area contributed by atoms with Crippen LogP contribution in [0.15, 0.2) is 18.2 Å². The summed E-state index contributed by atoms with van der Waals surface area (Å²) >= 11 is 6.20. The molecule has 2 fully saturated rings. The number of amides is 1. The summed E-state index contributed by atoms with van der Waals surface area (Å²) in [6.07, 6.45) is 6.26. The van der Waals surface area contributed by atoms with Gasteiger partial charge in [-0.2, -0.15) is 0 Å². The van der Waals surface area contributed by atoms with E-state index < -0.39 is 10.0 Å². The number of carbonyl (C=O) groups excluding carboxylic acids is 1. The molecule has 0 unspecified atom stereocenters. The Balaban J connectivity index is 1.76. The van der Waals surface area contributed by atoms with Gasteiger partial charge >= 0.3 is 0 Å². The molecule has 1 aromatic carbocycles. The number of benzene rings is 1. The monoisotopic (exact) mass is 370 g/mol. The van der Waals surface area contributed by atoms with E-state index in [0.717, 1.165) is 19.3 Å². The van der Waals surface area contributed by atoms with Crippen LogP contribution in [0.3, 0.4) is 0 Å². The summed E-state index contributed by atoms with van der Waals surface area (Å²) in [5, 5.41) is 3.32. The summed E-state index contributed by atoms with van der Waals surface area (Å²) in [4.78, 5) is 12.4. The lowest BCUT2D eigenvalue weighted by Crippen LogP contribution is -2.38. The first-order chi connectivity index (χ1) is 11.5. The summed E-state index contributed by atoms with van der Waals surface area (Å²) in [5.74, 6) is 0.513. The van der Waals surface area contributed by atoms with Crippen LogP contribution >= 0.6 is 11.6 Å². The van der Waals surface area contributed by atoms with Gasteiger partial charge in [-0.3, -0.25) is 9.10 Å². The van der Waals surface area contributed by atoms with E-state index in [1.54, 1.807) is 18.2 Å². The first-order valence-electron chi connectivity index (χ1n) is 8.55. The highest BCUT2D eigenvalue weighted by molar-refractivity contribution is 7.92. The van der Waals surface area contributed by atoms with Crippen molar-refractivity contribution in [2.24, 2.45) is 5.92 Å². The zero-order chi connectivity index (χ0) is 17.2. The second-order valence-corrected chi connectivity index (χ2v) is 9.04. The van der Waals surface area contributed by atoms with Gasteiger partial charge in [0.05, 0.1) is 16.5 Å². The average Bonchev–Trinajstić information content (AvgIpc) is 3.06. The van der Waals surface area contributed by atoms with E-state index in [1.807, 2.05) is 0 Å². The predicted molar refractivity (Wildman–Crippen MR) is 96.1 cm³/mol. The van der Waals surface area contributed by atoms with Crippen LogP contribution in [0, 0.1) is 5.92 Å². The fraction of sp³-hybridized carbons (Fsp3) is 0.588. The fourth-order valence-corrected chi connectivity index (χ4v) is 5.38. The molecule has 5 nitrogen and oxygen atoms in total. The molecule has 0 radical (unpaired) electrons. The third-order valence-corrected chi connectivity index (χ3v) is 7.03. The van der Waals surface area contributed by atoms with Crippen LogP contribution in [0.25, 0.3) is 0 Å². The number of hydrogen-bond acceptors (Lipinski definition) is 3. The molecule has 0 aromatic heterocycles. The molecule has 132 valence electrons. The van der Waals surface area contributed by atoms with Gasteiger partial charge in [0.2, 0.25) is 10.0 Å². The average molecular weight is 371 g/mol. The Morgan fingerprint density at radius 2 is 1.96 bits per heavy atom. The molecule has 1 N–H and O–H groups in total. The van der Waals surface area contributed by atoms with Crippen molar-refractivity contribution < 1.29 is 13.2 Å². The van der Waals surface area contributed by atoms with Crippen LogP contribution in [0.5, 0.6) is 0 Å². The predicted octanol–water partition coefficient (Wildman–Crippen LogP) is 3.19. The largest absolute Gasteiger partial charge is 0.352 e. The molecule has 2 aliphatic rings. The number of halogens is 1. The quantitative estimate of drug-likeness (QED) is 0.885. The highest BCUT2D eigenvalue weighted by Crippen LogP contribution is 2.31. The molecule has 0 bridgehead atoms. The van der Waals surface area contributed by atoms with Gasteiger partial charge in [-0.25, -0.2) is 8.42 Å². The molecule has 1 heterocycles. The molecular formula is C17H23ClN2O3S. The number of nitrogens with one attached hydrogen (secondary N) is 1. The minimum absolute atomic E-state index is 0.126. The number of rotatable bonds is 4. The van der Waals surface area contributed by atoms with E-state index in [2.05, 4.69) is 5.32 Å². The van der Waals surface area contributed by atoms with Crippen LogP contribution in [0.1, 0.15) is 48.9 Å². The first kappa shape index (κ1) is 17.5. The second kappa shape index (κ2) is 7.31. The van der Waals surface area contributed by atoms with E-state index >= 15 is 0 Å². The van der Waals surface area contributed by atoms with Crippen molar-refractivity contribution in [1.82, 2.24) is 5.32 Å². The second-order valence-electron chi connectivity index (χ2n) is 6.62. The van der Waals surface area contributed by atoms with Gasteiger partial charge in [0.1, 0.15) is 0 Å². The van der Waals surface area contributed by atoms with Crippen molar-refractivity contribution in [3.8, 4) is 0 Å². The van der Waals surface area contributed by atoms with Crippen LogP contribution in [-0.2, 0) is 10.0 Å². The molecule has 0 atom stereocenters. The van der Waals surface area contributed by atoms with E-state index in [-0.39, 0.29) is 11.7 Å². The Morgan fingerprint density at radius 3 is 2.67 bits per heavy atom. The molecule has 7 heteroatoms. The number of sulfonamides is 1. The van der Waals surface area contributed by atoms with Crippen molar-refractivity contribution in [2.75, 3.05) is 23.1 Å². The van der Waals surface area contributed by atoms with Crippen molar-refractivity contribution >= 4 is 33.2 Å². The Hall–Kier alpha value is -1.27. The van der Waals surface area contributed by atoms with Gasteiger partial charge in [0.25, 0.3) is 5.91 Å². The smallest absolute Gasteiger partial charge is 0.251 e. The van der Waals surface area contributed by atoms with Crippen molar-refractivity contribution in [3.63, 3.8) is 0 Å². The zero-order valence-electron chi connectivity index (χ0n) is 13.6. The maximum atomic E-state index is 12.4. The van der Waals surface area contributed by atoms with Crippen LogP contribution in [0.2, 0.25) is 5.02 Å². The van der Waals surface area contributed by atoms with Crippen LogP contribution in [0.4, 0.5) is 5.69 Å². The maximum Gasteiger partial charge on any atom is 0.251 e. The lowest BCUT2D eigenvalue weighted by molar-refractivity contribution is 0.0947. The molecule has 24 heavy (non-hydrogen) atoms. The summed E-state index contributed by atoms with van der Waals surface area (Å²) in [6.45, 7) is 1.09. The van der Waals surface area contributed by atoms with Gasteiger partial charge < -0.3 is 5.32 Å². The topological polar surface area (TPSA) is 66.5 Å². The Morgan fingerprint density at radius 1 is 1.21 bits per heavy atom. The summed E-state index contributed by atoms with van der Waals surface area (Å²) < 4.78 is 25.9. The molecule has 1 aliphatic heterocycles. The number of carbonyl (C=O) groups is 1. The highest BCUT2D eigenvalue weighted by Gasteiger charge is 2.28. The Kier molecular flexibility index (Phi) is 5.35. The van der Waals surface area contributed by atoms with E-state index in [9.17, 15) is 13.2 Å². The van der Waals surface area contributed by atoms with Crippen molar-refractivity contribution in [2.45, 2.75) is 38.5 Å². The van der Waals surface area contributed by atoms with Crippen LogP contribution in [-0.4, -0.2) is 33.2 Å². The first-order valence-corrected chi connectivity index (χ1v) is 10.5. The molecule has 1 amide bonds. The SMILES string of the molecule is O=C(NCC1CCCC1)c1ccc(Cl)c(N2CCCCS2(=O)=O)c1. The third-order valence-electron chi connectivity index (χ3n) is 4.85. The summed E-state index contributed by atoms with van der Waals surface area (Å²) in [6, 6.07) is 4.84. The van der Waals surface area contributed by atoms with E-state index in [0.29, 0.717) is 41.7 Å². The summed E-state index contributed by atoms with van der Waals surface area (Å²) in [7, 11) is -3.35. The molecule has 1 saturated carbocycles. The minimum Gasteiger partial charge on any atom is -0.352 e. The molecule has 3 rings (SSSR count). The van der Waals surface area contributed by atoms with Gasteiger partial charge in [-0.15, -0.1) is 0 Å². The van der Waals surface area contributed by atoms with Gasteiger partial charge in [0.15, 0.2) is 0 Å². The van der Waals surface area contributed by atoms with Crippen LogP contribution < -0.4 is 9.62 Å². The summed E-state index contributed by atoms with van der Waals surface area (Å²) in [5.41, 5.74) is 0.859. The van der Waals surface area contributed by atoms with E-state index in [1.165, 1.54) is 17.1 Å². The van der Waals surface area contributed by atoms with Gasteiger partial charge in [-0.1, -0.05) is 24.4 Å². The van der Waals surface area contributed by atoms with Crippen molar-refractivity contribution in [3.05, 3.63) is 28.8 Å². The van der Waals surface area contributed by atoms with Gasteiger partial charge in [0, 0.05) is 18.7 Å². The molecule has 1 saturated heterocycles. The molecular weight excluding hydrogens is 348 g/mol. The third kappa shape index (κ3) is 3.86.